The topological polar surface area (TPSA) is 25.8 Å². The zero-order valence-corrected chi connectivity index (χ0v) is 8.70. The molecule has 12 heavy (non-hydrogen) atoms. The number of nitrogens with zero attached hydrogens (tertiary/aromatic N) is 2. The van der Waals surface area contributed by atoms with Gasteiger partial charge in [0.25, 0.3) is 0 Å². The molecular formula is C8H6N2SSe. The Labute approximate surface area is 80.6 Å². The van der Waals surface area contributed by atoms with Crippen LogP contribution in [0.1, 0.15) is 10.6 Å². The Balaban J connectivity index is 2.14. The zero-order valence-electron chi connectivity index (χ0n) is 6.18. The third-order valence-electron chi connectivity index (χ3n) is 1.34. The van der Waals surface area contributed by atoms with Gasteiger partial charge in [-0.05, 0) is 0 Å². The summed E-state index contributed by atoms with van der Waals surface area (Å²) in [5.41, 5.74) is 0.989. The molecule has 0 amide bonds. The van der Waals surface area contributed by atoms with Crippen molar-refractivity contribution in [3.63, 3.8) is 0 Å². The van der Waals surface area contributed by atoms with E-state index in [0.29, 0.717) is 0 Å². The van der Waals surface area contributed by atoms with Crippen LogP contribution in [0.2, 0.25) is 0 Å². The van der Waals surface area contributed by atoms with E-state index >= 15 is 0 Å². The molecule has 0 spiro atoms. The first kappa shape index (κ1) is 7.92. The van der Waals surface area contributed by atoms with Crippen molar-refractivity contribution in [1.29, 1.82) is 0 Å². The summed E-state index contributed by atoms with van der Waals surface area (Å²) in [6, 6.07) is 4.12. The summed E-state index contributed by atoms with van der Waals surface area (Å²) in [6.07, 6.45) is 4.07. The Kier molecular flexibility index (Phi) is 2.51. The van der Waals surface area contributed by atoms with E-state index in [0.717, 1.165) is 5.69 Å². The number of rotatable bonds is 2. The molecule has 2 aromatic rings. The predicted octanol–water partition coefficient (Wildman–Crippen LogP) is 1.77. The predicted molar refractivity (Wildman–Crippen MR) is 52.2 cm³/mol. The van der Waals surface area contributed by atoms with Gasteiger partial charge in [0.2, 0.25) is 0 Å². The van der Waals surface area contributed by atoms with E-state index in [1.54, 1.807) is 11.3 Å². The number of aromatic nitrogens is 2. The minimum absolute atomic E-state index is 0.245. The van der Waals surface area contributed by atoms with E-state index in [9.17, 15) is 0 Å². The van der Waals surface area contributed by atoms with Crippen molar-refractivity contribution in [1.82, 2.24) is 9.19 Å². The summed E-state index contributed by atoms with van der Waals surface area (Å²) >= 11 is 1.97. The van der Waals surface area contributed by atoms with Crippen LogP contribution in [0.3, 0.4) is 0 Å². The normalized spacial score (nSPS) is 11.0. The number of thiophene rings is 1. The third kappa shape index (κ3) is 1.91. The molecule has 0 N–H and O–H groups in total. The monoisotopic (exact) mass is 242 g/mol. The van der Waals surface area contributed by atoms with Crippen LogP contribution in [0.25, 0.3) is 12.2 Å². The van der Waals surface area contributed by atoms with Crippen LogP contribution >= 0.6 is 11.3 Å². The van der Waals surface area contributed by atoms with Gasteiger partial charge in [-0.25, -0.2) is 0 Å². The maximum absolute atomic E-state index is 3.97. The van der Waals surface area contributed by atoms with Crippen LogP contribution in [0.5, 0.6) is 0 Å². The molecule has 0 bridgehead atoms. The van der Waals surface area contributed by atoms with Crippen molar-refractivity contribution in [2.75, 3.05) is 0 Å². The van der Waals surface area contributed by atoms with E-state index in [1.165, 1.54) is 4.88 Å². The van der Waals surface area contributed by atoms with Gasteiger partial charge in [-0.1, -0.05) is 0 Å². The molecule has 0 aliphatic heterocycles. The molecule has 2 nitrogen and oxygen atoms in total. The molecule has 0 aliphatic carbocycles. The van der Waals surface area contributed by atoms with Crippen molar-refractivity contribution in [3.8, 4) is 0 Å². The zero-order chi connectivity index (χ0) is 8.23. The second-order valence-corrected chi connectivity index (χ2v) is 4.44. The SMILES string of the molecule is C(=C\c1cccs1)/c1c[se]nn1. The van der Waals surface area contributed by atoms with Crippen molar-refractivity contribution >= 4 is 38.2 Å². The van der Waals surface area contributed by atoms with Crippen LogP contribution in [0, 0.1) is 0 Å². The Morgan fingerprint density at radius 3 is 3.08 bits per heavy atom. The number of hydrogen-bond donors (Lipinski definition) is 0. The summed E-state index contributed by atoms with van der Waals surface area (Å²) in [6.45, 7) is 0. The van der Waals surface area contributed by atoms with E-state index in [1.807, 2.05) is 12.1 Å². The summed E-state index contributed by atoms with van der Waals surface area (Å²) in [4.78, 5) is 3.32. The molecule has 0 unspecified atom stereocenters. The van der Waals surface area contributed by atoms with Crippen LogP contribution in [-0.4, -0.2) is 23.9 Å². The van der Waals surface area contributed by atoms with Gasteiger partial charge in [0.15, 0.2) is 0 Å². The van der Waals surface area contributed by atoms with E-state index < -0.39 is 0 Å². The Morgan fingerprint density at radius 1 is 1.42 bits per heavy atom. The van der Waals surface area contributed by atoms with E-state index in [2.05, 4.69) is 31.7 Å². The van der Waals surface area contributed by atoms with Gasteiger partial charge in [-0.3, -0.25) is 0 Å². The molecule has 0 atom stereocenters. The fraction of sp³-hybridized carbons (Fsp3) is 0. The van der Waals surface area contributed by atoms with Crippen molar-refractivity contribution < 1.29 is 0 Å². The Hall–Kier alpha value is -0.701. The Bertz CT molecular complexity index is 314. The standard InChI is InChI=1S/C8H6N2SSe/c1-2-8(11-5-1)4-3-7-6-12-10-9-7/h1-6H/b4-3+. The average Bonchev–Trinajstić information content (AvgIpc) is 2.74. The quantitative estimate of drug-likeness (QED) is 0.749. The van der Waals surface area contributed by atoms with Crippen LogP contribution in [0.15, 0.2) is 22.5 Å². The first-order valence-corrected chi connectivity index (χ1v) is 6.07. The first-order valence-electron chi connectivity index (χ1n) is 3.44. The average molecular weight is 241 g/mol. The summed E-state index contributed by atoms with van der Waals surface area (Å²) in [5.74, 6) is 0. The van der Waals surface area contributed by atoms with Gasteiger partial charge in [0.05, 0.1) is 0 Å². The molecule has 2 heterocycles. The number of hydrogen-bond acceptors (Lipinski definition) is 3. The van der Waals surface area contributed by atoms with Gasteiger partial charge in [-0.15, -0.1) is 0 Å². The molecule has 2 aromatic heterocycles. The molecular weight excluding hydrogens is 235 g/mol. The second-order valence-electron chi connectivity index (χ2n) is 2.18. The van der Waals surface area contributed by atoms with E-state index in [-0.39, 0.29) is 14.7 Å². The molecule has 0 saturated carbocycles. The molecule has 0 radical (unpaired) electrons. The van der Waals surface area contributed by atoms with Crippen LogP contribution in [0.4, 0.5) is 0 Å². The van der Waals surface area contributed by atoms with Crippen molar-refractivity contribution in [2.45, 2.75) is 0 Å². The molecule has 0 saturated heterocycles. The molecule has 0 aliphatic rings. The first-order chi connectivity index (χ1) is 5.95. The van der Waals surface area contributed by atoms with Crippen LogP contribution < -0.4 is 0 Å². The fourth-order valence-electron chi connectivity index (χ4n) is 0.798. The summed E-state index contributed by atoms with van der Waals surface area (Å²) in [5, 5.41) is 6.03. The molecule has 0 aromatic carbocycles. The van der Waals surface area contributed by atoms with Gasteiger partial charge in [0.1, 0.15) is 0 Å². The van der Waals surface area contributed by atoms with Gasteiger partial charge < -0.3 is 0 Å². The minimum atomic E-state index is 0.245. The molecule has 4 heteroatoms. The van der Waals surface area contributed by atoms with Crippen molar-refractivity contribution in [3.05, 3.63) is 33.0 Å². The second kappa shape index (κ2) is 3.81. The van der Waals surface area contributed by atoms with E-state index in [4.69, 9.17) is 0 Å². The molecule has 2 rings (SSSR count). The third-order valence-corrected chi connectivity index (χ3v) is 3.27. The summed E-state index contributed by atoms with van der Waals surface area (Å²) < 4.78 is 3.91. The van der Waals surface area contributed by atoms with Crippen molar-refractivity contribution in [2.24, 2.45) is 0 Å². The molecule has 0 fully saturated rings. The van der Waals surface area contributed by atoms with Gasteiger partial charge in [0, 0.05) is 0 Å². The van der Waals surface area contributed by atoms with Gasteiger partial charge in [-0.2, -0.15) is 0 Å². The summed E-state index contributed by atoms with van der Waals surface area (Å²) in [7, 11) is 0. The Morgan fingerprint density at radius 2 is 2.42 bits per heavy atom. The molecule has 60 valence electrons. The van der Waals surface area contributed by atoms with Gasteiger partial charge >= 0.3 is 80.4 Å². The fourth-order valence-corrected chi connectivity index (χ4v) is 2.30. The maximum atomic E-state index is 3.97. The van der Waals surface area contributed by atoms with Crippen LogP contribution in [-0.2, 0) is 0 Å².